The van der Waals surface area contributed by atoms with E-state index in [1.165, 1.54) is 114 Å². The Balaban J connectivity index is 1.09. The highest BCUT2D eigenvalue weighted by molar-refractivity contribution is 7.26. The zero-order valence-corrected chi connectivity index (χ0v) is 32.3. The number of hydrogen-bond donors (Lipinski definition) is 0. The molecule has 0 fully saturated rings. The lowest BCUT2D eigenvalue weighted by Gasteiger charge is -2.14. The molecule has 0 spiro atoms. The smallest absolute Gasteiger partial charge is 0.0619 e. The van der Waals surface area contributed by atoms with Crippen LogP contribution in [-0.4, -0.2) is 9.13 Å². The fourth-order valence-electron chi connectivity index (χ4n) is 9.96. The predicted octanol–water partition coefficient (Wildman–Crippen LogP) is 15.2. The third-order valence-corrected chi connectivity index (χ3v) is 13.7. The van der Waals surface area contributed by atoms with Crippen LogP contribution in [0, 0.1) is 0 Å². The first kappa shape index (κ1) is 31.9. The molecule has 0 unspecified atom stereocenters. The van der Waals surface area contributed by atoms with E-state index in [4.69, 9.17) is 0 Å². The number of nitrogens with zero attached hydrogens (tertiary/aromatic N) is 2. The maximum absolute atomic E-state index is 2.51. The molecule has 12 aromatic rings. The fraction of sp³-hybridized carbons (Fsp3) is 0.0182. The van der Waals surface area contributed by atoms with Crippen molar-refractivity contribution in [3.05, 3.63) is 205 Å². The van der Waals surface area contributed by atoms with E-state index in [-0.39, 0.29) is 0 Å². The average Bonchev–Trinajstić information content (AvgIpc) is 4.03. The van der Waals surface area contributed by atoms with E-state index < -0.39 is 0 Å². The summed E-state index contributed by atoms with van der Waals surface area (Å²) in [7, 11) is 0. The lowest BCUT2D eigenvalue weighted by molar-refractivity contribution is 1.18. The number of hydrogen-bond acceptors (Lipinski definition) is 1. The Morgan fingerprint density at radius 2 is 0.983 bits per heavy atom. The SMILES string of the molecule is c1ccc(-n2c3ccccc3c3cccc(-c4ccc5c6ccccc6n(-c6cc(-c7ccc8c(c7)-c7ccccc7C8)c7sc8ccccc8c7c6)c5c4)c32)cc1. The van der Waals surface area contributed by atoms with Crippen molar-refractivity contribution < 1.29 is 0 Å². The summed E-state index contributed by atoms with van der Waals surface area (Å²) in [6.45, 7) is 0. The largest absolute Gasteiger partial charge is 0.309 e. The summed E-state index contributed by atoms with van der Waals surface area (Å²) in [6.07, 6.45) is 0.994. The van der Waals surface area contributed by atoms with Gasteiger partial charge in [-0.15, -0.1) is 11.3 Å². The molecule has 3 heteroatoms. The first-order chi connectivity index (χ1) is 28.8. The van der Waals surface area contributed by atoms with Crippen LogP contribution in [-0.2, 0) is 6.42 Å². The molecule has 2 nitrogen and oxygen atoms in total. The van der Waals surface area contributed by atoms with Gasteiger partial charge in [0.1, 0.15) is 0 Å². The van der Waals surface area contributed by atoms with Gasteiger partial charge in [-0.05, 0) is 94.4 Å². The summed E-state index contributed by atoms with van der Waals surface area (Å²) in [5.41, 5.74) is 17.7. The molecule has 9 aromatic carbocycles. The molecule has 0 saturated heterocycles. The first-order valence-electron chi connectivity index (χ1n) is 20.1. The number of aromatic nitrogens is 2. The summed E-state index contributed by atoms with van der Waals surface area (Å²) >= 11 is 1.91. The van der Waals surface area contributed by atoms with Crippen LogP contribution in [0.15, 0.2) is 194 Å². The van der Waals surface area contributed by atoms with Crippen molar-refractivity contribution in [1.82, 2.24) is 9.13 Å². The topological polar surface area (TPSA) is 9.86 Å². The molecule has 13 rings (SSSR count). The summed E-state index contributed by atoms with van der Waals surface area (Å²) in [5.74, 6) is 0. The average molecular weight is 755 g/mol. The van der Waals surface area contributed by atoms with Crippen molar-refractivity contribution >= 4 is 75.1 Å². The van der Waals surface area contributed by atoms with E-state index in [0.717, 1.165) is 12.1 Å². The van der Waals surface area contributed by atoms with Gasteiger partial charge in [-0.3, -0.25) is 0 Å². The molecule has 0 saturated carbocycles. The Kier molecular flexibility index (Phi) is 6.69. The van der Waals surface area contributed by atoms with Crippen LogP contribution in [0.3, 0.4) is 0 Å². The minimum Gasteiger partial charge on any atom is -0.309 e. The fourth-order valence-corrected chi connectivity index (χ4v) is 11.2. The van der Waals surface area contributed by atoms with Gasteiger partial charge in [0.15, 0.2) is 0 Å². The van der Waals surface area contributed by atoms with Crippen molar-refractivity contribution in [2.75, 3.05) is 0 Å². The van der Waals surface area contributed by atoms with Crippen LogP contribution in [0.2, 0.25) is 0 Å². The molecule has 0 amide bonds. The zero-order chi connectivity index (χ0) is 37.9. The lowest BCUT2D eigenvalue weighted by atomic mass is 9.96. The van der Waals surface area contributed by atoms with E-state index in [2.05, 4.69) is 203 Å². The molecule has 0 atom stereocenters. The van der Waals surface area contributed by atoms with Gasteiger partial charge in [-0.1, -0.05) is 140 Å². The van der Waals surface area contributed by atoms with Gasteiger partial charge in [-0.25, -0.2) is 0 Å². The molecule has 1 aliphatic rings. The van der Waals surface area contributed by atoms with Crippen LogP contribution in [0.25, 0.3) is 109 Å². The van der Waals surface area contributed by atoms with E-state index in [0.29, 0.717) is 0 Å². The maximum Gasteiger partial charge on any atom is 0.0619 e. The molecule has 3 heterocycles. The Bertz CT molecular complexity index is 3650. The Hall–Kier alpha value is -7.20. The quantitative estimate of drug-likeness (QED) is 0.169. The highest BCUT2D eigenvalue weighted by Gasteiger charge is 2.22. The summed E-state index contributed by atoms with van der Waals surface area (Å²) < 4.78 is 7.60. The molecule has 270 valence electrons. The highest BCUT2D eigenvalue weighted by Crippen LogP contribution is 2.46. The van der Waals surface area contributed by atoms with Crippen molar-refractivity contribution in [3.63, 3.8) is 0 Å². The Labute approximate surface area is 339 Å². The van der Waals surface area contributed by atoms with Gasteiger partial charge in [0, 0.05) is 64.2 Å². The molecule has 0 radical (unpaired) electrons. The molecule has 0 aliphatic heterocycles. The number of fused-ring (bicyclic) bond motifs is 12. The number of para-hydroxylation sites is 4. The van der Waals surface area contributed by atoms with Gasteiger partial charge >= 0.3 is 0 Å². The number of benzene rings is 9. The van der Waals surface area contributed by atoms with Crippen LogP contribution >= 0.6 is 11.3 Å². The summed E-state index contributed by atoms with van der Waals surface area (Å²) in [6, 6.07) is 72.2. The van der Waals surface area contributed by atoms with E-state index in [9.17, 15) is 0 Å². The minimum atomic E-state index is 0.994. The van der Waals surface area contributed by atoms with Crippen LogP contribution < -0.4 is 0 Å². The third kappa shape index (κ3) is 4.54. The second-order valence-corrected chi connectivity index (χ2v) is 16.7. The Morgan fingerprint density at radius 3 is 1.86 bits per heavy atom. The molecule has 1 aliphatic carbocycles. The monoisotopic (exact) mass is 754 g/mol. The van der Waals surface area contributed by atoms with Crippen molar-refractivity contribution in [1.29, 1.82) is 0 Å². The van der Waals surface area contributed by atoms with Crippen molar-refractivity contribution in [3.8, 4) is 44.8 Å². The summed E-state index contributed by atoms with van der Waals surface area (Å²) in [5, 5.41) is 7.63. The maximum atomic E-state index is 2.51. The van der Waals surface area contributed by atoms with E-state index in [1.54, 1.807) is 0 Å². The van der Waals surface area contributed by atoms with Crippen molar-refractivity contribution in [2.45, 2.75) is 6.42 Å². The second-order valence-electron chi connectivity index (χ2n) is 15.6. The highest BCUT2D eigenvalue weighted by atomic mass is 32.1. The van der Waals surface area contributed by atoms with Crippen LogP contribution in [0.1, 0.15) is 11.1 Å². The molecule has 3 aromatic heterocycles. The molecule has 0 bridgehead atoms. The van der Waals surface area contributed by atoms with Gasteiger partial charge in [-0.2, -0.15) is 0 Å². The minimum absolute atomic E-state index is 0.994. The van der Waals surface area contributed by atoms with E-state index >= 15 is 0 Å². The van der Waals surface area contributed by atoms with Gasteiger partial charge in [0.2, 0.25) is 0 Å². The second kappa shape index (κ2) is 12.1. The Morgan fingerprint density at radius 1 is 0.345 bits per heavy atom. The summed E-state index contributed by atoms with van der Waals surface area (Å²) in [4.78, 5) is 0. The molecular weight excluding hydrogens is 721 g/mol. The lowest BCUT2D eigenvalue weighted by Crippen LogP contribution is -1.96. The number of thiophene rings is 1. The predicted molar refractivity (Wildman–Crippen MR) is 247 cm³/mol. The van der Waals surface area contributed by atoms with E-state index in [1.807, 2.05) is 11.3 Å². The molecule has 0 N–H and O–H groups in total. The molecule has 58 heavy (non-hydrogen) atoms. The normalized spacial score (nSPS) is 12.4. The van der Waals surface area contributed by atoms with Gasteiger partial charge in [0.25, 0.3) is 0 Å². The van der Waals surface area contributed by atoms with Crippen molar-refractivity contribution in [2.24, 2.45) is 0 Å². The van der Waals surface area contributed by atoms with Gasteiger partial charge in [0.05, 0.1) is 22.1 Å². The number of rotatable bonds is 4. The first-order valence-corrected chi connectivity index (χ1v) is 20.9. The van der Waals surface area contributed by atoms with Gasteiger partial charge < -0.3 is 9.13 Å². The molecular formula is C55H34N2S. The van der Waals surface area contributed by atoms with Crippen LogP contribution in [0.4, 0.5) is 0 Å². The third-order valence-electron chi connectivity index (χ3n) is 12.5. The zero-order valence-electron chi connectivity index (χ0n) is 31.5. The van der Waals surface area contributed by atoms with Crippen LogP contribution in [0.5, 0.6) is 0 Å². The standard InChI is InChI=1S/C55H34N2S/c1-2-14-38(15-3-1)57-51-23-10-7-18-43(51)46-21-12-20-41(54(46)57)37-27-28-44-42-17-6-9-22-50(42)56(52(44)31-37)39-32-48(55-49(33-39)45-19-8-11-24-53(45)58-55)36-26-25-35-29-34-13-4-5-16-40(34)47(35)30-36/h1-28,30-33H,29H2.